The van der Waals surface area contributed by atoms with E-state index in [1.165, 1.54) is 321 Å². The van der Waals surface area contributed by atoms with Crippen LogP contribution in [-0.4, -0.2) is 100 Å². The molecule has 0 saturated carbocycles. The molecule has 7 atom stereocenters. The highest BCUT2D eigenvalue weighted by Gasteiger charge is 2.44. The molecule has 91 heavy (non-hydrogen) atoms. The van der Waals surface area contributed by atoms with Crippen molar-refractivity contribution in [1.29, 1.82) is 0 Å². The molecule has 7 unspecified atom stereocenters. The van der Waals surface area contributed by atoms with Crippen LogP contribution in [0.25, 0.3) is 0 Å². The van der Waals surface area contributed by atoms with Gasteiger partial charge in [0.2, 0.25) is 5.91 Å². The number of rotatable bonds is 71. The summed E-state index contributed by atoms with van der Waals surface area (Å²) < 4.78 is 16.7. The van der Waals surface area contributed by atoms with Crippen LogP contribution in [0.3, 0.4) is 0 Å². The Morgan fingerprint density at radius 2 is 0.714 bits per heavy atom. The maximum atomic E-state index is 13.0. The molecule has 536 valence electrons. The fourth-order valence-corrected chi connectivity index (χ4v) is 12.7. The minimum atomic E-state index is -1.57. The number of amides is 1. The third-order valence-electron chi connectivity index (χ3n) is 19.0. The molecule has 0 aromatic heterocycles. The molecule has 1 rings (SSSR count). The zero-order chi connectivity index (χ0) is 65.8. The van der Waals surface area contributed by atoms with E-state index in [4.69, 9.17) is 14.2 Å². The molecular formula is C80H151NO10. The third-order valence-corrected chi connectivity index (χ3v) is 19.0. The van der Waals surface area contributed by atoms with Crippen LogP contribution in [0.2, 0.25) is 0 Å². The topological polar surface area (TPSA) is 175 Å². The van der Waals surface area contributed by atoms with Gasteiger partial charge >= 0.3 is 5.97 Å². The van der Waals surface area contributed by atoms with Gasteiger partial charge in [-0.25, -0.2) is 0 Å². The van der Waals surface area contributed by atoms with E-state index >= 15 is 0 Å². The molecule has 0 aliphatic carbocycles. The lowest BCUT2D eigenvalue weighted by atomic mass is 9.99. The Kier molecular flexibility index (Phi) is 66.1. The lowest BCUT2D eigenvalue weighted by Crippen LogP contribution is -2.60. The Hall–Kier alpha value is -2.12. The second-order valence-electron chi connectivity index (χ2n) is 27.8. The van der Waals surface area contributed by atoms with Gasteiger partial charge in [0.25, 0.3) is 0 Å². The quantitative estimate of drug-likeness (QED) is 0.0195. The number of hydrogen-bond acceptors (Lipinski definition) is 10. The molecule has 1 aliphatic rings. The average Bonchev–Trinajstić information content (AvgIpc) is 2.82. The van der Waals surface area contributed by atoms with Crippen molar-refractivity contribution in [2.24, 2.45) is 0 Å². The number of carbonyl (C=O) groups excluding carboxylic acids is 2. The Morgan fingerprint density at radius 3 is 1.10 bits per heavy atom. The van der Waals surface area contributed by atoms with Crippen molar-refractivity contribution in [2.45, 2.75) is 442 Å². The standard InChI is InChI=1S/C80H151NO10/c1-3-5-7-9-11-13-15-16-45-48-52-56-60-64-68-76(85)89-69-65-61-57-53-49-46-43-41-39-37-35-33-31-29-27-25-23-21-19-17-18-20-22-24-26-28-30-32-34-36-38-40-42-44-47-51-55-59-63-67-75(84)81-72(71-90-80-79(88)78(87)77(86)74(70-82)91-80)73(83)66-62-58-54-50-14-12-10-8-6-4-2/h14,17-18,50,62,66,72-74,77-80,82-83,86-88H,3-13,15-16,19-49,51-61,63-65,67-71H2,1-2H3,(H,81,84)/b18-17-,50-14+,66-62+. The first kappa shape index (κ1) is 86.9. The van der Waals surface area contributed by atoms with E-state index in [2.05, 4.69) is 43.5 Å². The van der Waals surface area contributed by atoms with Gasteiger partial charge in [-0.1, -0.05) is 352 Å². The first-order chi connectivity index (χ1) is 44.7. The number of carbonyl (C=O) groups is 2. The number of hydrogen-bond donors (Lipinski definition) is 6. The summed E-state index contributed by atoms with van der Waals surface area (Å²) in [6.45, 7) is 4.34. The van der Waals surface area contributed by atoms with Crippen molar-refractivity contribution < 1.29 is 49.3 Å². The van der Waals surface area contributed by atoms with Gasteiger partial charge in [-0.15, -0.1) is 0 Å². The predicted molar refractivity (Wildman–Crippen MR) is 384 cm³/mol. The summed E-state index contributed by atoms with van der Waals surface area (Å²) in [5.74, 6) is -0.168. The molecule has 1 saturated heterocycles. The highest BCUT2D eigenvalue weighted by atomic mass is 16.7. The van der Waals surface area contributed by atoms with Gasteiger partial charge in [-0.05, 0) is 70.6 Å². The van der Waals surface area contributed by atoms with Gasteiger partial charge in [0, 0.05) is 12.8 Å². The minimum absolute atomic E-state index is 0.0195. The second-order valence-corrected chi connectivity index (χ2v) is 27.8. The minimum Gasteiger partial charge on any atom is -0.466 e. The van der Waals surface area contributed by atoms with Crippen molar-refractivity contribution in [3.8, 4) is 0 Å². The fourth-order valence-electron chi connectivity index (χ4n) is 12.7. The van der Waals surface area contributed by atoms with Crippen LogP contribution in [0.15, 0.2) is 36.5 Å². The van der Waals surface area contributed by atoms with Crippen molar-refractivity contribution in [3.63, 3.8) is 0 Å². The summed E-state index contributed by atoms with van der Waals surface area (Å²) in [5, 5.41) is 54.4. The summed E-state index contributed by atoms with van der Waals surface area (Å²) in [6, 6.07) is -0.823. The fraction of sp³-hybridized carbons (Fsp3) is 0.900. The lowest BCUT2D eigenvalue weighted by molar-refractivity contribution is -0.302. The molecule has 0 spiro atoms. The largest absolute Gasteiger partial charge is 0.466 e. The van der Waals surface area contributed by atoms with Crippen LogP contribution in [-0.2, 0) is 23.8 Å². The number of aliphatic hydroxyl groups excluding tert-OH is 5. The Balaban J connectivity index is 1.86. The van der Waals surface area contributed by atoms with Crippen molar-refractivity contribution in [2.75, 3.05) is 19.8 Å². The molecule has 11 nitrogen and oxygen atoms in total. The third kappa shape index (κ3) is 57.8. The van der Waals surface area contributed by atoms with Crippen LogP contribution in [0.4, 0.5) is 0 Å². The van der Waals surface area contributed by atoms with Crippen LogP contribution in [0.5, 0.6) is 0 Å². The van der Waals surface area contributed by atoms with Crippen molar-refractivity contribution >= 4 is 11.9 Å². The van der Waals surface area contributed by atoms with E-state index in [-0.39, 0.29) is 18.5 Å². The molecule has 6 N–H and O–H groups in total. The van der Waals surface area contributed by atoms with E-state index in [1.54, 1.807) is 6.08 Å². The summed E-state index contributed by atoms with van der Waals surface area (Å²) in [7, 11) is 0. The lowest BCUT2D eigenvalue weighted by Gasteiger charge is -2.40. The van der Waals surface area contributed by atoms with Crippen LogP contribution in [0, 0.1) is 0 Å². The molecule has 0 bridgehead atoms. The van der Waals surface area contributed by atoms with E-state index in [1.807, 2.05) is 6.08 Å². The molecular weight excluding hydrogens is 1130 g/mol. The summed E-state index contributed by atoms with van der Waals surface area (Å²) in [5.41, 5.74) is 0. The number of esters is 1. The van der Waals surface area contributed by atoms with E-state index in [0.29, 0.717) is 19.4 Å². The van der Waals surface area contributed by atoms with Crippen LogP contribution >= 0.6 is 0 Å². The molecule has 1 amide bonds. The molecule has 0 aromatic rings. The van der Waals surface area contributed by atoms with Gasteiger partial charge in [0.05, 0.1) is 32.0 Å². The summed E-state index contributed by atoms with van der Waals surface area (Å²) in [6.07, 6.45) is 80.6. The number of aliphatic hydroxyl groups is 5. The maximum Gasteiger partial charge on any atom is 0.305 e. The highest BCUT2D eigenvalue weighted by molar-refractivity contribution is 5.76. The van der Waals surface area contributed by atoms with Crippen LogP contribution < -0.4 is 5.32 Å². The van der Waals surface area contributed by atoms with Crippen molar-refractivity contribution in [1.82, 2.24) is 5.32 Å². The number of ether oxygens (including phenoxy) is 3. The molecule has 0 radical (unpaired) electrons. The SMILES string of the molecule is CCCCCC/C=C/CC/C=C/C(O)C(COC1OC(CO)C(O)C(O)C1O)NC(=O)CCCCCCCCCCCCCCCCCCC/C=C\CCCCCCCCCCCCCCCCCCCCOC(=O)CCCCCCCCCCCCCCCC. The highest BCUT2D eigenvalue weighted by Crippen LogP contribution is 2.24. The zero-order valence-corrected chi connectivity index (χ0v) is 59.8. The molecule has 0 aromatic carbocycles. The number of allylic oxidation sites excluding steroid dienone is 5. The van der Waals surface area contributed by atoms with Crippen molar-refractivity contribution in [3.05, 3.63) is 36.5 Å². The molecule has 1 heterocycles. The van der Waals surface area contributed by atoms with Gasteiger partial charge < -0.3 is 45.1 Å². The predicted octanol–water partition coefficient (Wildman–Crippen LogP) is 21.3. The second kappa shape index (κ2) is 69.2. The monoisotopic (exact) mass is 1290 g/mol. The number of unbranched alkanes of at least 4 members (excludes halogenated alkanes) is 53. The number of nitrogens with one attached hydrogen (secondary N) is 1. The zero-order valence-electron chi connectivity index (χ0n) is 59.8. The normalized spacial score (nSPS) is 17.7. The smallest absolute Gasteiger partial charge is 0.305 e. The van der Waals surface area contributed by atoms with Gasteiger partial charge in [0.1, 0.15) is 24.4 Å². The first-order valence-corrected chi connectivity index (χ1v) is 39.8. The summed E-state index contributed by atoms with van der Waals surface area (Å²) >= 11 is 0. The maximum absolute atomic E-state index is 13.0. The Morgan fingerprint density at radius 1 is 0.396 bits per heavy atom. The molecule has 1 fully saturated rings. The van der Waals surface area contributed by atoms with E-state index in [0.717, 1.165) is 51.4 Å². The van der Waals surface area contributed by atoms with Crippen LogP contribution in [0.1, 0.15) is 399 Å². The summed E-state index contributed by atoms with van der Waals surface area (Å²) in [4.78, 5) is 25.1. The first-order valence-electron chi connectivity index (χ1n) is 39.8. The Bertz CT molecular complexity index is 1610. The molecule has 11 heteroatoms. The van der Waals surface area contributed by atoms with E-state index < -0.39 is 49.5 Å². The molecule has 1 aliphatic heterocycles. The van der Waals surface area contributed by atoms with Gasteiger partial charge in [-0.3, -0.25) is 9.59 Å². The van der Waals surface area contributed by atoms with Gasteiger partial charge in [-0.2, -0.15) is 0 Å². The Labute approximate surface area is 562 Å². The van der Waals surface area contributed by atoms with E-state index in [9.17, 15) is 35.1 Å². The average molecular weight is 1290 g/mol. The van der Waals surface area contributed by atoms with Gasteiger partial charge in [0.15, 0.2) is 6.29 Å².